The van der Waals surface area contributed by atoms with Gasteiger partial charge in [0.25, 0.3) is 15.9 Å². The van der Waals surface area contributed by atoms with Gasteiger partial charge in [-0.15, -0.1) is 4.40 Å². The molecule has 0 fully saturated rings. The Balaban J connectivity index is 1.68. The molecule has 0 aliphatic carbocycles. The standard InChI is InChI=1S/C18H20N4O3S/c1-19-18(23)14-9-7-13(8-10-14)11-22(2)12-17-20-15-5-3-4-6-16(15)26(24,25)21-17/h3-10H,11-12H2,1-2H3,(H,19,23)(H,20,21). The van der Waals surface area contributed by atoms with Gasteiger partial charge in [0.15, 0.2) is 0 Å². The summed E-state index contributed by atoms with van der Waals surface area (Å²) < 4.78 is 28.4. The van der Waals surface area contributed by atoms with Crippen molar-refractivity contribution in [1.29, 1.82) is 0 Å². The summed E-state index contributed by atoms with van der Waals surface area (Å²) in [5.74, 6) is 0.253. The number of para-hydroxylation sites is 1. The third kappa shape index (κ3) is 3.92. The summed E-state index contributed by atoms with van der Waals surface area (Å²) in [6, 6.07) is 14.0. The molecule has 1 amide bonds. The first-order chi connectivity index (χ1) is 12.4. The Morgan fingerprint density at radius 3 is 2.50 bits per heavy atom. The number of nitrogens with zero attached hydrogens (tertiary/aromatic N) is 2. The maximum absolute atomic E-state index is 12.3. The Bertz CT molecular complexity index is 953. The summed E-state index contributed by atoms with van der Waals surface area (Å²) in [6.45, 7) is 0.946. The molecule has 0 spiro atoms. The number of anilines is 1. The zero-order valence-electron chi connectivity index (χ0n) is 14.6. The van der Waals surface area contributed by atoms with E-state index in [1.54, 1.807) is 37.4 Å². The quantitative estimate of drug-likeness (QED) is 0.833. The number of hydrogen-bond donors (Lipinski definition) is 2. The molecule has 0 aromatic heterocycles. The molecule has 2 aromatic carbocycles. The van der Waals surface area contributed by atoms with Crippen LogP contribution in [-0.4, -0.2) is 45.7 Å². The van der Waals surface area contributed by atoms with Crippen LogP contribution >= 0.6 is 0 Å². The van der Waals surface area contributed by atoms with Gasteiger partial charge >= 0.3 is 0 Å². The molecule has 1 aliphatic rings. The Labute approximate surface area is 152 Å². The van der Waals surface area contributed by atoms with Gasteiger partial charge in [-0.2, -0.15) is 8.42 Å². The van der Waals surface area contributed by atoms with Crippen molar-refractivity contribution in [2.45, 2.75) is 11.4 Å². The van der Waals surface area contributed by atoms with Crippen molar-refractivity contribution in [1.82, 2.24) is 10.2 Å². The third-order valence-electron chi connectivity index (χ3n) is 3.99. The first-order valence-electron chi connectivity index (χ1n) is 8.08. The SMILES string of the molecule is CNC(=O)c1ccc(CN(C)CC2=NS(=O)(=O)c3ccccc3N2)cc1. The summed E-state index contributed by atoms with van der Waals surface area (Å²) >= 11 is 0. The molecule has 3 rings (SSSR count). The molecule has 136 valence electrons. The smallest absolute Gasteiger partial charge is 0.286 e. The fraction of sp³-hybridized carbons (Fsp3) is 0.222. The van der Waals surface area contributed by atoms with Crippen molar-refractivity contribution in [2.24, 2.45) is 4.40 Å². The molecule has 7 nitrogen and oxygen atoms in total. The number of fused-ring (bicyclic) bond motifs is 1. The van der Waals surface area contributed by atoms with Crippen molar-refractivity contribution >= 4 is 27.5 Å². The maximum atomic E-state index is 12.3. The second-order valence-corrected chi connectivity index (χ2v) is 7.66. The van der Waals surface area contributed by atoms with Crippen LogP contribution in [0.4, 0.5) is 5.69 Å². The van der Waals surface area contributed by atoms with E-state index in [1.165, 1.54) is 6.07 Å². The van der Waals surface area contributed by atoms with Crippen LogP contribution < -0.4 is 10.6 Å². The predicted octanol–water partition coefficient (Wildman–Crippen LogP) is 1.69. The van der Waals surface area contributed by atoms with E-state index >= 15 is 0 Å². The van der Waals surface area contributed by atoms with Gasteiger partial charge in [0, 0.05) is 19.2 Å². The lowest BCUT2D eigenvalue weighted by Crippen LogP contribution is -2.33. The summed E-state index contributed by atoms with van der Waals surface area (Å²) in [4.78, 5) is 13.7. The molecule has 0 atom stereocenters. The van der Waals surface area contributed by atoms with Gasteiger partial charge in [0.2, 0.25) is 0 Å². The van der Waals surface area contributed by atoms with Gasteiger partial charge in [0.05, 0.1) is 12.2 Å². The van der Waals surface area contributed by atoms with Crippen molar-refractivity contribution in [2.75, 3.05) is 26.0 Å². The van der Waals surface area contributed by atoms with E-state index in [-0.39, 0.29) is 10.8 Å². The van der Waals surface area contributed by atoms with Crippen LogP contribution in [-0.2, 0) is 16.6 Å². The van der Waals surface area contributed by atoms with E-state index in [1.807, 2.05) is 24.1 Å². The maximum Gasteiger partial charge on any atom is 0.286 e. The summed E-state index contributed by atoms with van der Waals surface area (Å²) in [5, 5.41) is 5.66. The number of rotatable bonds is 5. The Morgan fingerprint density at radius 2 is 1.81 bits per heavy atom. The average Bonchev–Trinajstić information content (AvgIpc) is 2.61. The van der Waals surface area contributed by atoms with E-state index in [2.05, 4.69) is 15.0 Å². The highest BCUT2D eigenvalue weighted by Gasteiger charge is 2.24. The van der Waals surface area contributed by atoms with E-state index in [0.717, 1.165) is 5.56 Å². The second kappa shape index (κ2) is 7.27. The molecule has 0 saturated heterocycles. The molecule has 2 aromatic rings. The highest BCUT2D eigenvalue weighted by molar-refractivity contribution is 7.90. The monoisotopic (exact) mass is 372 g/mol. The van der Waals surface area contributed by atoms with Crippen molar-refractivity contribution < 1.29 is 13.2 Å². The number of hydrogen-bond acceptors (Lipinski definition) is 5. The van der Waals surface area contributed by atoms with Gasteiger partial charge in [-0.05, 0) is 36.9 Å². The fourth-order valence-electron chi connectivity index (χ4n) is 2.76. The van der Waals surface area contributed by atoms with Gasteiger partial charge in [0.1, 0.15) is 10.7 Å². The zero-order chi connectivity index (χ0) is 18.7. The second-order valence-electron chi connectivity index (χ2n) is 6.08. The minimum atomic E-state index is -3.67. The Hall–Kier alpha value is -2.71. The van der Waals surface area contributed by atoms with Crippen LogP contribution in [0, 0.1) is 0 Å². The number of benzene rings is 2. The van der Waals surface area contributed by atoms with Crippen LogP contribution in [0.3, 0.4) is 0 Å². The third-order valence-corrected chi connectivity index (χ3v) is 5.36. The van der Waals surface area contributed by atoms with E-state index in [4.69, 9.17) is 0 Å². The normalized spacial score (nSPS) is 15.0. The molecule has 0 unspecified atom stereocenters. The molecular weight excluding hydrogens is 352 g/mol. The molecule has 8 heteroatoms. The fourth-order valence-corrected chi connectivity index (χ4v) is 3.90. The van der Waals surface area contributed by atoms with Crippen LogP contribution in [0.2, 0.25) is 0 Å². The number of amidine groups is 1. The van der Waals surface area contributed by atoms with Crippen LogP contribution in [0.5, 0.6) is 0 Å². The van der Waals surface area contributed by atoms with Gasteiger partial charge in [-0.1, -0.05) is 24.3 Å². The number of likely N-dealkylation sites (N-methyl/N-ethyl adjacent to an activating group) is 1. The molecular formula is C18H20N4O3S. The van der Waals surface area contributed by atoms with Crippen LogP contribution in [0.25, 0.3) is 0 Å². The molecule has 2 N–H and O–H groups in total. The Kier molecular flexibility index (Phi) is 5.06. The molecule has 0 saturated carbocycles. The highest BCUT2D eigenvalue weighted by atomic mass is 32.2. The first-order valence-corrected chi connectivity index (χ1v) is 9.52. The van der Waals surface area contributed by atoms with Crippen molar-refractivity contribution in [3.63, 3.8) is 0 Å². The Morgan fingerprint density at radius 1 is 1.12 bits per heavy atom. The number of carbonyl (C=O) groups is 1. The largest absolute Gasteiger partial charge is 0.355 e. The predicted molar refractivity (Wildman–Crippen MR) is 101 cm³/mol. The molecule has 1 aliphatic heterocycles. The van der Waals surface area contributed by atoms with Crippen LogP contribution in [0.1, 0.15) is 15.9 Å². The molecule has 26 heavy (non-hydrogen) atoms. The number of amides is 1. The average molecular weight is 372 g/mol. The highest BCUT2D eigenvalue weighted by Crippen LogP contribution is 2.26. The number of nitrogens with one attached hydrogen (secondary N) is 2. The van der Waals surface area contributed by atoms with Gasteiger partial charge in [-0.3, -0.25) is 9.69 Å². The number of carbonyl (C=O) groups excluding carboxylic acids is 1. The van der Waals surface area contributed by atoms with E-state index in [0.29, 0.717) is 30.2 Å². The molecule has 0 radical (unpaired) electrons. The lowest BCUT2D eigenvalue weighted by molar-refractivity contribution is 0.0963. The van der Waals surface area contributed by atoms with E-state index in [9.17, 15) is 13.2 Å². The lowest BCUT2D eigenvalue weighted by Gasteiger charge is -2.22. The lowest BCUT2D eigenvalue weighted by atomic mass is 10.1. The van der Waals surface area contributed by atoms with Gasteiger partial charge < -0.3 is 10.6 Å². The summed E-state index contributed by atoms with van der Waals surface area (Å²) in [6.07, 6.45) is 0. The summed E-state index contributed by atoms with van der Waals surface area (Å²) in [7, 11) is -0.203. The minimum absolute atomic E-state index is 0.130. The first kappa shape index (κ1) is 18.1. The number of sulfonamides is 1. The summed E-state index contributed by atoms with van der Waals surface area (Å²) in [5.41, 5.74) is 2.15. The molecule has 1 heterocycles. The topological polar surface area (TPSA) is 90.9 Å². The van der Waals surface area contributed by atoms with E-state index < -0.39 is 10.0 Å². The zero-order valence-corrected chi connectivity index (χ0v) is 15.4. The molecule has 0 bridgehead atoms. The van der Waals surface area contributed by atoms with Crippen LogP contribution in [0.15, 0.2) is 57.8 Å². The van der Waals surface area contributed by atoms with Crippen molar-refractivity contribution in [3.05, 3.63) is 59.7 Å². The minimum Gasteiger partial charge on any atom is -0.355 e. The van der Waals surface area contributed by atoms with Crippen molar-refractivity contribution in [3.8, 4) is 0 Å². The van der Waals surface area contributed by atoms with Gasteiger partial charge in [-0.25, -0.2) is 0 Å².